The van der Waals surface area contributed by atoms with Crippen LogP contribution in [-0.4, -0.2) is 34.2 Å². The molecule has 1 unspecified atom stereocenters. The second-order valence-electron chi connectivity index (χ2n) is 4.52. The van der Waals surface area contributed by atoms with Crippen LogP contribution in [0.5, 0.6) is 0 Å². The number of carbonyl (C=O) groups excluding carboxylic acids is 1. The van der Waals surface area contributed by atoms with E-state index in [0.717, 1.165) is 42.9 Å². The fourth-order valence-electron chi connectivity index (χ4n) is 2.44. The van der Waals surface area contributed by atoms with Crippen molar-refractivity contribution in [2.45, 2.75) is 39.2 Å². The van der Waals surface area contributed by atoms with Crippen molar-refractivity contribution in [3.63, 3.8) is 0 Å². The Labute approximate surface area is 102 Å². The van der Waals surface area contributed by atoms with Crippen molar-refractivity contribution in [1.82, 2.24) is 14.7 Å². The molecular formula is C12H20N4O. The Morgan fingerprint density at radius 1 is 1.41 bits per heavy atom. The topological polar surface area (TPSA) is 64.2 Å². The van der Waals surface area contributed by atoms with Crippen molar-refractivity contribution in [3.8, 4) is 0 Å². The zero-order valence-corrected chi connectivity index (χ0v) is 10.7. The maximum atomic E-state index is 12.0. The molecule has 1 amide bonds. The molecule has 0 aliphatic carbocycles. The number of nitrogen functional groups attached to an aromatic ring is 1. The van der Waals surface area contributed by atoms with Crippen molar-refractivity contribution in [2.75, 3.05) is 19.3 Å². The van der Waals surface area contributed by atoms with Gasteiger partial charge in [0.05, 0.1) is 17.1 Å². The van der Waals surface area contributed by atoms with Crippen LogP contribution in [0.2, 0.25) is 0 Å². The molecule has 1 aromatic heterocycles. The number of aromatic nitrogens is 2. The molecule has 0 saturated carbocycles. The zero-order chi connectivity index (χ0) is 12.6. The third-order valence-electron chi connectivity index (χ3n) is 3.49. The highest BCUT2D eigenvalue weighted by atomic mass is 16.2. The van der Waals surface area contributed by atoms with Crippen LogP contribution >= 0.6 is 0 Å². The van der Waals surface area contributed by atoms with Gasteiger partial charge in [0.15, 0.2) is 0 Å². The second-order valence-corrected chi connectivity index (χ2v) is 4.52. The fraction of sp³-hybridized carbons (Fsp3) is 0.667. The molecule has 1 aliphatic heterocycles. The minimum Gasteiger partial charge on any atom is -0.396 e. The first-order valence-electron chi connectivity index (χ1n) is 6.20. The summed E-state index contributed by atoms with van der Waals surface area (Å²) in [6, 6.07) is -0.155. The number of nitrogens with zero attached hydrogens (tertiary/aromatic N) is 3. The fourth-order valence-corrected chi connectivity index (χ4v) is 2.44. The first kappa shape index (κ1) is 12.0. The summed E-state index contributed by atoms with van der Waals surface area (Å²) in [5.41, 5.74) is 8.73. The molecule has 5 nitrogen and oxygen atoms in total. The van der Waals surface area contributed by atoms with Gasteiger partial charge in [-0.05, 0) is 19.3 Å². The van der Waals surface area contributed by atoms with Gasteiger partial charge < -0.3 is 10.6 Å². The first-order chi connectivity index (χ1) is 8.10. The summed E-state index contributed by atoms with van der Waals surface area (Å²) in [6.07, 6.45) is 2.45. The SMILES string of the molecule is CCc1nn(C2CCN(C)C2=O)c(CC)c1N. The summed E-state index contributed by atoms with van der Waals surface area (Å²) in [5, 5.41) is 4.51. The van der Waals surface area contributed by atoms with E-state index in [-0.39, 0.29) is 11.9 Å². The van der Waals surface area contributed by atoms with E-state index in [0.29, 0.717) is 0 Å². The lowest BCUT2D eigenvalue weighted by Crippen LogP contribution is -2.26. The molecule has 1 aromatic rings. The first-order valence-corrected chi connectivity index (χ1v) is 6.20. The van der Waals surface area contributed by atoms with E-state index in [2.05, 4.69) is 5.10 Å². The number of rotatable bonds is 3. The molecule has 0 bridgehead atoms. The van der Waals surface area contributed by atoms with Crippen molar-refractivity contribution in [2.24, 2.45) is 0 Å². The molecule has 2 N–H and O–H groups in total. The Bertz CT molecular complexity index is 438. The van der Waals surface area contributed by atoms with Crippen LogP contribution in [0.25, 0.3) is 0 Å². The smallest absolute Gasteiger partial charge is 0.247 e. The quantitative estimate of drug-likeness (QED) is 0.851. The van der Waals surface area contributed by atoms with Gasteiger partial charge in [-0.25, -0.2) is 0 Å². The van der Waals surface area contributed by atoms with E-state index in [1.807, 2.05) is 25.6 Å². The Balaban J connectivity index is 2.41. The summed E-state index contributed by atoms with van der Waals surface area (Å²) in [4.78, 5) is 13.8. The normalized spacial score (nSPS) is 20.3. The molecule has 1 fully saturated rings. The van der Waals surface area contributed by atoms with Crippen LogP contribution in [0, 0.1) is 0 Å². The third-order valence-corrected chi connectivity index (χ3v) is 3.49. The van der Waals surface area contributed by atoms with Gasteiger partial charge in [-0.15, -0.1) is 0 Å². The largest absolute Gasteiger partial charge is 0.396 e. The van der Waals surface area contributed by atoms with Gasteiger partial charge in [-0.3, -0.25) is 9.48 Å². The summed E-state index contributed by atoms with van der Waals surface area (Å²) >= 11 is 0. The highest BCUT2D eigenvalue weighted by molar-refractivity contribution is 5.82. The lowest BCUT2D eigenvalue weighted by molar-refractivity contribution is -0.129. The van der Waals surface area contributed by atoms with Gasteiger partial charge in [0.1, 0.15) is 6.04 Å². The molecule has 0 aromatic carbocycles. The number of aryl methyl sites for hydroxylation is 1. The second kappa shape index (κ2) is 4.39. The molecule has 0 spiro atoms. The molecule has 1 aliphatic rings. The summed E-state index contributed by atoms with van der Waals surface area (Å²) in [6.45, 7) is 4.88. The lowest BCUT2D eigenvalue weighted by atomic mass is 10.2. The molecular weight excluding hydrogens is 216 g/mol. The van der Waals surface area contributed by atoms with Crippen molar-refractivity contribution >= 4 is 11.6 Å². The molecule has 2 rings (SSSR count). The number of hydrogen-bond donors (Lipinski definition) is 1. The number of carbonyl (C=O) groups is 1. The van der Waals surface area contributed by atoms with Gasteiger partial charge in [-0.2, -0.15) is 5.10 Å². The van der Waals surface area contributed by atoms with Crippen LogP contribution in [-0.2, 0) is 17.6 Å². The molecule has 0 radical (unpaired) electrons. The highest BCUT2D eigenvalue weighted by Crippen LogP contribution is 2.27. The van der Waals surface area contributed by atoms with Crippen LogP contribution in [0.4, 0.5) is 5.69 Å². The Kier molecular flexibility index (Phi) is 3.09. The predicted molar refractivity (Wildman–Crippen MR) is 66.7 cm³/mol. The van der Waals surface area contributed by atoms with E-state index in [4.69, 9.17) is 5.73 Å². The van der Waals surface area contributed by atoms with E-state index >= 15 is 0 Å². The summed E-state index contributed by atoms with van der Waals surface area (Å²) in [7, 11) is 1.83. The standard InChI is InChI=1S/C12H20N4O/c1-4-8-11(13)9(5-2)16(14-8)10-6-7-15(3)12(10)17/h10H,4-7,13H2,1-3H3. The highest BCUT2D eigenvalue weighted by Gasteiger charge is 2.33. The van der Waals surface area contributed by atoms with Gasteiger partial charge >= 0.3 is 0 Å². The van der Waals surface area contributed by atoms with Crippen LogP contribution in [0.15, 0.2) is 0 Å². The average Bonchev–Trinajstić information content (AvgIpc) is 2.81. The van der Waals surface area contributed by atoms with Crippen molar-refractivity contribution < 1.29 is 4.79 Å². The van der Waals surface area contributed by atoms with E-state index in [1.165, 1.54) is 0 Å². The number of nitrogens with two attached hydrogens (primary N) is 1. The lowest BCUT2D eigenvalue weighted by Gasteiger charge is -2.13. The number of likely N-dealkylation sites (N-methyl/N-ethyl adjacent to an activating group) is 1. The minimum absolute atomic E-state index is 0.143. The summed E-state index contributed by atoms with van der Waals surface area (Å²) < 4.78 is 1.85. The maximum absolute atomic E-state index is 12.0. The number of likely N-dealkylation sites (tertiary alicyclic amines) is 1. The zero-order valence-electron chi connectivity index (χ0n) is 10.7. The van der Waals surface area contributed by atoms with Crippen LogP contribution in [0.3, 0.4) is 0 Å². The van der Waals surface area contributed by atoms with Crippen LogP contribution < -0.4 is 5.73 Å². The van der Waals surface area contributed by atoms with E-state index in [1.54, 1.807) is 4.90 Å². The van der Waals surface area contributed by atoms with Gasteiger partial charge in [0.2, 0.25) is 5.91 Å². The number of anilines is 1. The van der Waals surface area contributed by atoms with Crippen LogP contribution in [0.1, 0.15) is 37.7 Å². The molecule has 17 heavy (non-hydrogen) atoms. The van der Waals surface area contributed by atoms with E-state index in [9.17, 15) is 4.79 Å². The van der Waals surface area contributed by atoms with Gasteiger partial charge in [0.25, 0.3) is 0 Å². The molecule has 94 valence electrons. The minimum atomic E-state index is -0.155. The predicted octanol–water partition coefficient (Wildman–Crippen LogP) is 0.993. The summed E-state index contributed by atoms with van der Waals surface area (Å²) in [5.74, 6) is 0.143. The number of hydrogen-bond acceptors (Lipinski definition) is 3. The third kappa shape index (κ3) is 1.79. The molecule has 1 saturated heterocycles. The Morgan fingerprint density at radius 2 is 2.12 bits per heavy atom. The van der Waals surface area contributed by atoms with E-state index < -0.39 is 0 Å². The molecule has 5 heteroatoms. The van der Waals surface area contributed by atoms with Gasteiger partial charge in [0, 0.05) is 13.6 Å². The number of amides is 1. The monoisotopic (exact) mass is 236 g/mol. The maximum Gasteiger partial charge on any atom is 0.247 e. The Hall–Kier alpha value is -1.52. The van der Waals surface area contributed by atoms with Crippen molar-refractivity contribution in [1.29, 1.82) is 0 Å². The van der Waals surface area contributed by atoms with Gasteiger partial charge in [-0.1, -0.05) is 13.8 Å². The molecule has 1 atom stereocenters. The Morgan fingerprint density at radius 3 is 2.59 bits per heavy atom. The average molecular weight is 236 g/mol. The van der Waals surface area contributed by atoms with Crippen molar-refractivity contribution in [3.05, 3.63) is 11.4 Å². The molecule has 2 heterocycles.